The van der Waals surface area contributed by atoms with Crippen LogP contribution >= 0.6 is 7.92 Å². The molecule has 82 valence electrons. The zero-order valence-electron chi connectivity index (χ0n) is 9.82. The second kappa shape index (κ2) is 5.12. The van der Waals surface area contributed by atoms with E-state index >= 15 is 0 Å². The highest BCUT2D eigenvalue weighted by molar-refractivity contribution is 7.67. The smallest absolute Gasteiger partial charge is 0.0169 e. The zero-order chi connectivity index (χ0) is 10.7. The fraction of sp³-hybridized carbons (Fsp3) is 0.571. The largest absolute Gasteiger partial charge is 0.0690 e. The fourth-order valence-electron chi connectivity index (χ4n) is 2.78. The molecule has 1 saturated heterocycles. The summed E-state index contributed by atoms with van der Waals surface area (Å²) in [6.45, 7) is 4.72. The molecule has 1 aliphatic rings. The molecular weight excluding hydrogens is 199 g/mol. The third-order valence-corrected chi connectivity index (χ3v) is 7.33. The molecule has 2 atom stereocenters. The first kappa shape index (κ1) is 11.1. The predicted octanol–water partition coefficient (Wildman–Crippen LogP) is 4.14. The van der Waals surface area contributed by atoms with Gasteiger partial charge in [0.1, 0.15) is 0 Å². The van der Waals surface area contributed by atoms with Crippen LogP contribution in [-0.4, -0.2) is 11.3 Å². The minimum atomic E-state index is 0.133. The maximum absolute atomic E-state index is 2.36. The van der Waals surface area contributed by atoms with Crippen molar-refractivity contribution in [3.05, 3.63) is 30.3 Å². The normalized spacial score (nSPS) is 27.1. The fourth-order valence-corrected chi connectivity index (χ4v) is 6.38. The number of benzene rings is 1. The maximum atomic E-state index is 2.36. The lowest BCUT2D eigenvalue weighted by Gasteiger charge is -2.24. The molecule has 0 spiro atoms. The van der Waals surface area contributed by atoms with E-state index in [4.69, 9.17) is 0 Å². The van der Waals surface area contributed by atoms with Crippen molar-refractivity contribution in [1.29, 1.82) is 0 Å². The van der Waals surface area contributed by atoms with E-state index in [-0.39, 0.29) is 7.92 Å². The highest BCUT2D eigenvalue weighted by Crippen LogP contribution is 2.56. The topological polar surface area (TPSA) is 0 Å². The Bertz CT molecular complexity index is 281. The van der Waals surface area contributed by atoms with Crippen molar-refractivity contribution in [3.8, 4) is 0 Å². The molecule has 0 bridgehead atoms. The molecule has 15 heavy (non-hydrogen) atoms. The molecule has 0 aromatic heterocycles. The van der Waals surface area contributed by atoms with Gasteiger partial charge in [0.15, 0.2) is 0 Å². The molecule has 1 aliphatic heterocycles. The number of rotatable bonds is 3. The van der Waals surface area contributed by atoms with E-state index in [1.54, 1.807) is 5.30 Å². The Morgan fingerprint density at radius 3 is 2.00 bits per heavy atom. The first-order valence-electron chi connectivity index (χ1n) is 6.20. The van der Waals surface area contributed by atoms with Crippen LogP contribution in [0, 0.1) is 0 Å². The van der Waals surface area contributed by atoms with Crippen LogP contribution in [0.1, 0.15) is 39.5 Å². The van der Waals surface area contributed by atoms with Crippen LogP contribution < -0.4 is 5.30 Å². The minimum absolute atomic E-state index is 0.133. The standard InChI is InChI=1S/C14H21P/c1-3-12-10-11-13(4-2)15(12)14-8-6-5-7-9-14/h5-9,12-13H,3-4,10-11H2,1-2H3/t12-,13-/m0/s1. The van der Waals surface area contributed by atoms with Gasteiger partial charge in [-0.2, -0.15) is 0 Å². The Kier molecular flexibility index (Phi) is 3.81. The molecule has 1 aromatic carbocycles. The van der Waals surface area contributed by atoms with E-state index in [1.165, 1.54) is 25.7 Å². The van der Waals surface area contributed by atoms with Crippen LogP contribution in [0.25, 0.3) is 0 Å². The van der Waals surface area contributed by atoms with Crippen molar-refractivity contribution < 1.29 is 0 Å². The Labute approximate surface area is 94.8 Å². The van der Waals surface area contributed by atoms with Crippen molar-refractivity contribution in [2.75, 3.05) is 0 Å². The lowest BCUT2D eigenvalue weighted by atomic mass is 10.1. The molecule has 0 saturated carbocycles. The monoisotopic (exact) mass is 220 g/mol. The number of hydrogen-bond donors (Lipinski definition) is 0. The highest BCUT2D eigenvalue weighted by atomic mass is 31.1. The Morgan fingerprint density at radius 2 is 1.53 bits per heavy atom. The average Bonchev–Trinajstić information content (AvgIpc) is 2.72. The molecule has 1 heteroatoms. The Hall–Kier alpha value is -0.350. The number of hydrogen-bond acceptors (Lipinski definition) is 0. The summed E-state index contributed by atoms with van der Waals surface area (Å²) in [6.07, 6.45) is 5.68. The van der Waals surface area contributed by atoms with Crippen LogP contribution in [0.3, 0.4) is 0 Å². The minimum Gasteiger partial charge on any atom is -0.0690 e. The van der Waals surface area contributed by atoms with Gasteiger partial charge in [-0.3, -0.25) is 0 Å². The summed E-state index contributed by atoms with van der Waals surface area (Å²) >= 11 is 0. The van der Waals surface area contributed by atoms with Crippen LogP contribution in [0.15, 0.2) is 30.3 Å². The Balaban J connectivity index is 2.23. The van der Waals surface area contributed by atoms with Gasteiger partial charge in [0.25, 0.3) is 0 Å². The van der Waals surface area contributed by atoms with Crippen LogP contribution in [0.2, 0.25) is 0 Å². The van der Waals surface area contributed by atoms with E-state index in [1.807, 2.05) is 0 Å². The van der Waals surface area contributed by atoms with Gasteiger partial charge in [-0.05, 0) is 42.3 Å². The van der Waals surface area contributed by atoms with Crippen molar-refractivity contribution in [2.45, 2.75) is 50.8 Å². The molecule has 1 heterocycles. The summed E-state index contributed by atoms with van der Waals surface area (Å²) in [5.41, 5.74) is 1.99. The summed E-state index contributed by atoms with van der Waals surface area (Å²) in [4.78, 5) is 0. The van der Waals surface area contributed by atoms with Crippen LogP contribution in [0.4, 0.5) is 0 Å². The van der Waals surface area contributed by atoms with Gasteiger partial charge in [0.05, 0.1) is 0 Å². The molecular formula is C14H21P. The van der Waals surface area contributed by atoms with Gasteiger partial charge in [0, 0.05) is 0 Å². The van der Waals surface area contributed by atoms with Gasteiger partial charge in [-0.15, -0.1) is 0 Å². The van der Waals surface area contributed by atoms with Gasteiger partial charge in [-0.1, -0.05) is 52.1 Å². The van der Waals surface area contributed by atoms with Gasteiger partial charge >= 0.3 is 0 Å². The molecule has 0 radical (unpaired) electrons. The van der Waals surface area contributed by atoms with E-state index in [9.17, 15) is 0 Å². The third kappa shape index (κ3) is 2.26. The molecule has 1 fully saturated rings. The third-order valence-electron chi connectivity index (χ3n) is 3.62. The lowest BCUT2D eigenvalue weighted by molar-refractivity contribution is 0.696. The van der Waals surface area contributed by atoms with Crippen LogP contribution in [-0.2, 0) is 0 Å². The summed E-state index contributed by atoms with van der Waals surface area (Å²) in [6, 6.07) is 11.2. The van der Waals surface area contributed by atoms with Crippen molar-refractivity contribution in [2.24, 2.45) is 0 Å². The van der Waals surface area contributed by atoms with Crippen molar-refractivity contribution >= 4 is 13.2 Å². The molecule has 1 aromatic rings. The molecule has 0 amide bonds. The molecule has 0 nitrogen and oxygen atoms in total. The van der Waals surface area contributed by atoms with Crippen LogP contribution in [0.5, 0.6) is 0 Å². The van der Waals surface area contributed by atoms with Crippen molar-refractivity contribution in [1.82, 2.24) is 0 Å². The zero-order valence-corrected chi connectivity index (χ0v) is 10.7. The summed E-state index contributed by atoms with van der Waals surface area (Å²) < 4.78 is 0. The second-order valence-corrected chi connectivity index (χ2v) is 7.24. The Morgan fingerprint density at radius 1 is 1.00 bits per heavy atom. The lowest BCUT2D eigenvalue weighted by Crippen LogP contribution is -2.13. The summed E-state index contributed by atoms with van der Waals surface area (Å²) in [5, 5.41) is 1.64. The summed E-state index contributed by atoms with van der Waals surface area (Å²) in [7, 11) is 0.133. The molecule has 2 rings (SSSR count). The van der Waals surface area contributed by atoms with E-state index in [0.29, 0.717) is 0 Å². The highest BCUT2D eigenvalue weighted by Gasteiger charge is 2.34. The van der Waals surface area contributed by atoms with Gasteiger partial charge < -0.3 is 0 Å². The van der Waals surface area contributed by atoms with E-state index < -0.39 is 0 Å². The molecule has 0 N–H and O–H groups in total. The van der Waals surface area contributed by atoms with Gasteiger partial charge in [0.2, 0.25) is 0 Å². The second-order valence-electron chi connectivity index (χ2n) is 4.44. The first-order valence-corrected chi connectivity index (χ1v) is 7.68. The van der Waals surface area contributed by atoms with E-state index in [2.05, 4.69) is 44.2 Å². The molecule has 0 aliphatic carbocycles. The molecule has 0 unspecified atom stereocenters. The SMILES string of the molecule is CC[C@H]1CC[C@H](CC)P1c1ccccc1. The first-order chi connectivity index (χ1) is 7.36. The van der Waals surface area contributed by atoms with Crippen molar-refractivity contribution in [3.63, 3.8) is 0 Å². The van der Waals surface area contributed by atoms with Gasteiger partial charge in [-0.25, -0.2) is 0 Å². The summed E-state index contributed by atoms with van der Waals surface area (Å²) in [5.74, 6) is 0. The quantitative estimate of drug-likeness (QED) is 0.671. The average molecular weight is 220 g/mol. The maximum Gasteiger partial charge on any atom is -0.0169 e. The van der Waals surface area contributed by atoms with E-state index in [0.717, 1.165) is 11.3 Å². The predicted molar refractivity (Wildman–Crippen MR) is 70.4 cm³/mol.